The Balaban J connectivity index is 1.73. The summed E-state index contributed by atoms with van der Waals surface area (Å²) in [7, 11) is 0. The van der Waals surface area contributed by atoms with Crippen LogP contribution in [0.3, 0.4) is 0 Å². The first-order valence-corrected chi connectivity index (χ1v) is 8.10. The number of carbonyl (C=O) groups is 2. The van der Waals surface area contributed by atoms with Crippen molar-refractivity contribution in [3.8, 4) is 0 Å². The maximum atomic E-state index is 13.2. The molecular formula is C17H12Cl2F2N2O2. The standard InChI is InChI=1S/C17H12Cl2F2N2O2/c18-9-5-10(19)7-12(6-9)23-16(25)17(3-4-17)15(24)22-11-1-2-13(20)14(21)8-11/h1-2,5-8H,3-4H2,(H,22,24)(H,23,25). The van der Waals surface area contributed by atoms with Gasteiger partial charge in [0.05, 0.1) is 0 Å². The molecule has 130 valence electrons. The van der Waals surface area contributed by atoms with E-state index in [9.17, 15) is 18.4 Å². The number of anilines is 2. The molecule has 1 fully saturated rings. The zero-order chi connectivity index (χ0) is 18.2. The Morgan fingerprint density at radius 1 is 0.840 bits per heavy atom. The highest BCUT2D eigenvalue weighted by molar-refractivity contribution is 6.35. The summed E-state index contributed by atoms with van der Waals surface area (Å²) in [4.78, 5) is 24.9. The molecule has 0 aromatic heterocycles. The van der Waals surface area contributed by atoms with Crippen molar-refractivity contribution in [1.29, 1.82) is 0 Å². The van der Waals surface area contributed by atoms with Crippen LogP contribution in [0.4, 0.5) is 20.2 Å². The second kappa shape index (κ2) is 6.61. The number of hydrogen-bond donors (Lipinski definition) is 2. The van der Waals surface area contributed by atoms with E-state index in [1.54, 1.807) is 0 Å². The number of amides is 2. The SMILES string of the molecule is O=C(Nc1cc(Cl)cc(Cl)c1)C1(C(=O)Nc2ccc(F)c(F)c2)CC1. The zero-order valence-electron chi connectivity index (χ0n) is 12.7. The molecule has 1 aliphatic carbocycles. The molecule has 0 spiro atoms. The molecule has 0 heterocycles. The Labute approximate surface area is 152 Å². The lowest BCUT2D eigenvalue weighted by Crippen LogP contribution is -2.35. The average Bonchev–Trinajstić information content (AvgIpc) is 3.31. The van der Waals surface area contributed by atoms with Crippen molar-refractivity contribution in [2.75, 3.05) is 10.6 Å². The molecular weight excluding hydrogens is 373 g/mol. The van der Waals surface area contributed by atoms with Crippen LogP contribution in [0.1, 0.15) is 12.8 Å². The lowest BCUT2D eigenvalue weighted by molar-refractivity contribution is -0.131. The van der Waals surface area contributed by atoms with Crippen molar-refractivity contribution < 1.29 is 18.4 Å². The largest absolute Gasteiger partial charge is 0.325 e. The Morgan fingerprint density at radius 2 is 1.40 bits per heavy atom. The van der Waals surface area contributed by atoms with Crippen LogP contribution in [0.25, 0.3) is 0 Å². The van der Waals surface area contributed by atoms with Crippen molar-refractivity contribution in [2.24, 2.45) is 5.41 Å². The Morgan fingerprint density at radius 3 is 1.92 bits per heavy atom. The number of halogens is 4. The van der Waals surface area contributed by atoms with Crippen LogP contribution < -0.4 is 10.6 Å². The summed E-state index contributed by atoms with van der Waals surface area (Å²) in [5.41, 5.74) is -0.803. The minimum absolute atomic E-state index is 0.0776. The second-order valence-electron chi connectivity index (χ2n) is 5.78. The van der Waals surface area contributed by atoms with Crippen LogP contribution in [0.15, 0.2) is 36.4 Å². The van der Waals surface area contributed by atoms with Crippen molar-refractivity contribution in [1.82, 2.24) is 0 Å². The summed E-state index contributed by atoms with van der Waals surface area (Å²) in [5.74, 6) is -3.19. The van der Waals surface area contributed by atoms with Crippen molar-refractivity contribution in [2.45, 2.75) is 12.8 Å². The van der Waals surface area contributed by atoms with E-state index in [4.69, 9.17) is 23.2 Å². The maximum Gasteiger partial charge on any atom is 0.240 e. The first kappa shape index (κ1) is 17.6. The number of benzene rings is 2. The van der Waals surface area contributed by atoms with E-state index >= 15 is 0 Å². The highest BCUT2D eigenvalue weighted by atomic mass is 35.5. The molecule has 0 unspecified atom stereocenters. The molecule has 0 radical (unpaired) electrons. The third kappa shape index (κ3) is 3.75. The van der Waals surface area contributed by atoms with Gasteiger partial charge in [-0.2, -0.15) is 0 Å². The summed E-state index contributed by atoms with van der Waals surface area (Å²) in [6.07, 6.45) is 0.700. The molecule has 0 aliphatic heterocycles. The van der Waals surface area contributed by atoms with Gasteiger partial charge in [0, 0.05) is 27.5 Å². The van der Waals surface area contributed by atoms with E-state index in [0.29, 0.717) is 28.6 Å². The van der Waals surface area contributed by atoms with Crippen molar-refractivity contribution in [3.63, 3.8) is 0 Å². The minimum Gasteiger partial charge on any atom is -0.325 e. The first-order valence-electron chi connectivity index (χ1n) is 7.34. The van der Waals surface area contributed by atoms with Crippen LogP contribution >= 0.6 is 23.2 Å². The fourth-order valence-electron chi connectivity index (χ4n) is 2.38. The summed E-state index contributed by atoms with van der Waals surface area (Å²) in [5, 5.41) is 5.75. The van der Waals surface area contributed by atoms with Gasteiger partial charge >= 0.3 is 0 Å². The zero-order valence-corrected chi connectivity index (χ0v) is 14.2. The molecule has 1 aliphatic rings. The Hall–Kier alpha value is -2.18. The maximum absolute atomic E-state index is 13.2. The molecule has 2 aromatic carbocycles. The van der Waals surface area contributed by atoms with E-state index in [0.717, 1.165) is 12.1 Å². The summed E-state index contributed by atoms with van der Waals surface area (Å²) in [6.45, 7) is 0. The van der Waals surface area contributed by atoms with Gasteiger partial charge < -0.3 is 10.6 Å². The third-order valence-corrected chi connectivity index (χ3v) is 4.35. The fourth-order valence-corrected chi connectivity index (χ4v) is 2.91. The van der Waals surface area contributed by atoms with Crippen LogP contribution in [-0.2, 0) is 9.59 Å². The molecule has 2 N–H and O–H groups in total. The molecule has 4 nitrogen and oxygen atoms in total. The predicted molar refractivity (Wildman–Crippen MR) is 91.7 cm³/mol. The van der Waals surface area contributed by atoms with Crippen molar-refractivity contribution in [3.05, 3.63) is 58.1 Å². The lowest BCUT2D eigenvalue weighted by Gasteiger charge is -2.16. The number of hydrogen-bond acceptors (Lipinski definition) is 2. The van der Waals surface area contributed by atoms with Crippen LogP contribution in [0.5, 0.6) is 0 Å². The van der Waals surface area contributed by atoms with Gasteiger partial charge in [-0.05, 0) is 43.2 Å². The number of carbonyl (C=O) groups excluding carboxylic acids is 2. The molecule has 25 heavy (non-hydrogen) atoms. The molecule has 0 saturated heterocycles. The van der Waals surface area contributed by atoms with Crippen LogP contribution in [-0.4, -0.2) is 11.8 Å². The highest BCUT2D eigenvalue weighted by Crippen LogP contribution is 2.47. The second-order valence-corrected chi connectivity index (χ2v) is 6.65. The van der Waals surface area contributed by atoms with Gasteiger partial charge in [-0.15, -0.1) is 0 Å². The van der Waals surface area contributed by atoms with Gasteiger partial charge in [0.2, 0.25) is 11.8 Å². The third-order valence-electron chi connectivity index (χ3n) is 3.92. The number of rotatable bonds is 4. The minimum atomic E-state index is -1.25. The summed E-state index contributed by atoms with van der Waals surface area (Å²) >= 11 is 11.8. The Kier molecular flexibility index (Phi) is 4.67. The molecule has 8 heteroatoms. The monoisotopic (exact) mass is 384 g/mol. The topological polar surface area (TPSA) is 58.2 Å². The fraction of sp³-hybridized carbons (Fsp3) is 0.176. The van der Waals surface area contributed by atoms with Gasteiger partial charge in [0.25, 0.3) is 0 Å². The van der Waals surface area contributed by atoms with E-state index in [-0.39, 0.29) is 5.69 Å². The smallest absolute Gasteiger partial charge is 0.240 e. The van der Waals surface area contributed by atoms with E-state index < -0.39 is 28.9 Å². The van der Waals surface area contributed by atoms with Crippen molar-refractivity contribution >= 4 is 46.4 Å². The van der Waals surface area contributed by atoms with Gasteiger partial charge in [0.1, 0.15) is 5.41 Å². The normalized spacial score (nSPS) is 14.7. The van der Waals surface area contributed by atoms with Gasteiger partial charge in [-0.25, -0.2) is 8.78 Å². The molecule has 2 aromatic rings. The van der Waals surface area contributed by atoms with E-state index in [1.165, 1.54) is 24.3 Å². The average molecular weight is 385 g/mol. The summed E-state index contributed by atoms with van der Waals surface area (Å²) < 4.78 is 26.2. The molecule has 1 saturated carbocycles. The molecule has 3 rings (SSSR count). The summed E-state index contributed by atoms with van der Waals surface area (Å²) in [6, 6.07) is 7.52. The Bertz CT molecular complexity index is 849. The van der Waals surface area contributed by atoms with Crippen LogP contribution in [0, 0.1) is 17.0 Å². The first-order chi connectivity index (χ1) is 11.8. The van der Waals surface area contributed by atoms with Gasteiger partial charge in [-0.1, -0.05) is 23.2 Å². The van der Waals surface area contributed by atoms with Gasteiger partial charge in [0.15, 0.2) is 11.6 Å². The molecule has 2 amide bonds. The quantitative estimate of drug-likeness (QED) is 0.755. The van der Waals surface area contributed by atoms with E-state index in [1.807, 2.05) is 0 Å². The van der Waals surface area contributed by atoms with Crippen LogP contribution in [0.2, 0.25) is 10.0 Å². The molecule has 0 atom stereocenters. The van der Waals surface area contributed by atoms with Gasteiger partial charge in [-0.3, -0.25) is 9.59 Å². The highest BCUT2D eigenvalue weighted by Gasteiger charge is 2.56. The number of nitrogens with one attached hydrogen (secondary N) is 2. The van der Waals surface area contributed by atoms with E-state index in [2.05, 4.69) is 10.6 Å². The molecule has 0 bridgehead atoms. The lowest BCUT2D eigenvalue weighted by atomic mass is 10.0. The predicted octanol–water partition coefficient (Wildman–Crippen LogP) is 4.63.